The number of carbonyl (C=O) groups excluding carboxylic acids is 2. The summed E-state index contributed by atoms with van der Waals surface area (Å²) in [6, 6.07) is 17.6. The Balaban J connectivity index is 1.36. The summed E-state index contributed by atoms with van der Waals surface area (Å²) in [4.78, 5) is 33.7. The monoisotopic (exact) mass is 372 g/mol. The van der Waals surface area contributed by atoms with Gasteiger partial charge in [-0.3, -0.25) is 14.5 Å². The van der Waals surface area contributed by atoms with Gasteiger partial charge in [0.25, 0.3) is 0 Å². The van der Waals surface area contributed by atoms with E-state index in [1.54, 1.807) is 0 Å². The molecule has 0 spiro atoms. The van der Waals surface area contributed by atoms with Crippen LogP contribution < -0.4 is 4.90 Å². The Morgan fingerprint density at radius 1 is 0.893 bits per heavy atom. The molecular formula is C23H20N2O3. The Kier molecular flexibility index (Phi) is 3.17. The van der Waals surface area contributed by atoms with Gasteiger partial charge in [0.05, 0.1) is 23.2 Å². The van der Waals surface area contributed by atoms with Crippen LogP contribution in [0.5, 0.6) is 0 Å². The van der Waals surface area contributed by atoms with Gasteiger partial charge >= 0.3 is 0 Å². The lowest BCUT2D eigenvalue weighted by Gasteiger charge is -2.29. The number of oxime groups is 1. The highest BCUT2D eigenvalue weighted by atomic mass is 16.6. The highest BCUT2D eigenvalue weighted by Gasteiger charge is 2.70. The summed E-state index contributed by atoms with van der Waals surface area (Å²) in [6.07, 6.45) is 0.783. The lowest BCUT2D eigenvalue weighted by Crippen LogP contribution is -2.41. The molecule has 28 heavy (non-hydrogen) atoms. The SMILES string of the molecule is Cc1ccc(C2=NO[C@H]3[C@@H]4C[C@@H]([C@@H]23)[C@H]2C(=O)N(c3ccccc3)C(=O)[C@H]42)cc1. The van der Waals surface area contributed by atoms with Gasteiger partial charge in [-0.2, -0.15) is 0 Å². The number of aryl methyl sites for hydroxylation is 1. The second-order valence-electron chi connectivity index (χ2n) is 8.40. The van der Waals surface area contributed by atoms with Gasteiger partial charge in [-0.25, -0.2) is 0 Å². The maximum absolute atomic E-state index is 13.3. The minimum absolute atomic E-state index is 0.0534. The Labute approximate surface area is 163 Å². The molecular weight excluding hydrogens is 352 g/mol. The molecule has 2 saturated carbocycles. The molecule has 0 N–H and O–H groups in total. The van der Waals surface area contributed by atoms with Gasteiger partial charge in [0.1, 0.15) is 6.10 Å². The van der Waals surface area contributed by atoms with Crippen molar-refractivity contribution in [2.75, 3.05) is 4.90 Å². The molecule has 6 rings (SSSR count). The fraction of sp³-hybridized carbons (Fsp3) is 0.348. The maximum Gasteiger partial charge on any atom is 0.238 e. The van der Waals surface area contributed by atoms with Gasteiger partial charge < -0.3 is 4.84 Å². The minimum Gasteiger partial charge on any atom is -0.391 e. The van der Waals surface area contributed by atoms with Gasteiger partial charge in [0.15, 0.2) is 0 Å². The predicted molar refractivity (Wildman–Crippen MR) is 104 cm³/mol. The summed E-state index contributed by atoms with van der Waals surface area (Å²) >= 11 is 0. The third-order valence-electron chi connectivity index (χ3n) is 7.05. The van der Waals surface area contributed by atoms with Gasteiger partial charge in [0, 0.05) is 11.8 Å². The van der Waals surface area contributed by atoms with E-state index >= 15 is 0 Å². The van der Waals surface area contributed by atoms with Crippen LogP contribution in [-0.2, 0) is 14.4 Å². The fourth-order valence-corrected chi connectivity index (χ4v) is 5.92. The molecule has 2 aromatic carbocycles. The lowest BCUT2D eigenvalue weighted by atomic mass is 9.71. The van der Waals surface area contributed by atoms with Crippen LogP contribution in [0.15, 0.2) is 59.8 Å². The summed E-state index contributed by atoms with van der Waals surface area (Å²) in [7, 11) is 0. The first-order chi connectivity index (χ1) is 13.6. The van der Waals surface area contributed by atoms with E-state index in [1.807, 2.05) is 30.3 Å². The molecule has 0 radical (unpaired) electrons. The van der Waals surface area contributed by atoms with Crippen LogP contribution in [0, 0.1) is 36.5 Å². The molecule has 140 valence electrons. The molecule has 3 fully saturated rings. The molecule has 0 aromatic heterocycles. The van der Waals surface area contributed by atoms with Crippen LogP contribution in [0.2, 0.25) is 0 Å². The number of anilines is 1. The third kappa shape index (κ3) is 1.94. The molecule has 6 atom stereocenters. The van der Waals surface area contributed by atoms with Crippen LogP contribution in [0.25, 0.3) is 0 Å². The quantitative estimate of drug-likeness (QED) is 0.761. The van der Waals surface area contributed by atoms with Crippen molar-refractivity contribution in [1.82, 2.24) is 0 Å². The first kappa shape index (κ1) is 16.0. The summed E-state index contributed by atoms with van der Waals surface area (Å²) < 4.78 is 0. The zero-order chi connectivity index (χ0) is 19.0. The molecule has 2 heterocycles. The number of para-hydroxylation sites is 1. The lowest BCUT2D eigenvalue weighted by molar-refractivity contribution is -0.125. The third-order valence-corrected chi connectivity index (χ3v) is 7.05. The zero-order valence-corrected chi connectivity index (χ0v) is 15.5. The summed E-state index contributed by atoms with van der Waals surface area (Å²) in [5, 5.41) is 4.40. The summed E-state index contributed by atoms with van der Waals surface area (Å²) in [5.74, 6) is -0.365. The second-order valence-corrected chi connectivity index (χ2v) is 8.40. The van der Waals surface area contributed by atoms with Crippen molar-refractivity contribution in [2.45, 2.75) is 19.4 Å². The van der Waals surface area contributed by atoms with E-state index in [9.17, 15) is 9.59 Å². The van der Waals surface area contributed by atoms with Gasteiger partial charge in [0.2, 0.25) is 11.8 Å². The van der Waals surface area contributed by atoms with E-state index in [4.69, 9.17) is 4.84 Å². The number of rotatable bonds is 2. The van der Waals surface area contributed by atoms with Crippen LogP contribution in [0.4, 0.5) is 5.69 Å². The van der Waals surface area contributed by atoms with E-state index in [0.29, 0.717) is 5.69 Å². The van der Waals surface area contributed by atoms with E-state index in [-0.39, 0.29) is 47.5 Å². The number of imide groups is 1. The Morgan fingerprint density at radius 2 is 1.57 bits per heavy atom. The smallest absolute Gasteiger partial charge is 0.238 e. The van der Waals surface area contributed by atoms with Gasteiger partial charge in [-0.05, 0) is 37.0 Å². The Morgan fingerprint density at radius 3 is 2.29 bits per heavy atom. The molecule has 5 nitrogen and oxygen atoms in total. The first-order valence-electron chi connectivity index (χ1n) is 9.89. The van der Waals surface area contributed by atoms with Crippen LogP contribution >= 0.6 is 0 Å². The highest BCUT2D eigenvalue weighted by molar-refractivity contribution is 6.23. The van der Waals surface area contributed by atoms with Crippen molar-refractivity contribution >= 4 is 23.2 Å². The minimum atomic E-state index is -0.272. The zero-order valence-electron chi connectivity index (χ0n) is 15.5. The molecule has 2 aromatic rings. The molecule has 0 unspecified atom stereocenters. The normalized spacial score (nSPS) is 35.0. The summed E-state index contributed by atoms with van der Waals surface area (Å²) in [6.45, 7) is 2.06. The van der Waals surface area contributed by atoms with E-state index < -0.39 is 0 Å². The van der Waals surface area contributed by atoms with Crippen LogP contribution in [0.3, 0.4) is 0 Å². The van der Waals surface area contributed by atoms with Crippen molar-refractivity contribution in [3.05, 3.63) is 65.7 Å². The van der Waals surface area contributed by atoms with Crippen molar-refractivity contribution < 1.29 is 14.4 Å². The molecule has 4 aliphatic rings. The maximum atomic E-state index is 13.3. The second kappa shape index (κ2) is 5.53. The molecule has 2 amide bonds. The largest absolute Gasteiger partial charge is 0.391 e. The number of hydrogen-bond acceptors (Lipinski definition) is 4. The topological polar surface area (TPSA) is 59.0 Å². The van der Waals surface area contributed by atoms with Crippen molar-refractivity contribution in [3.8, 4) is 0 Å². The van der Waals surface area contributed by atoms with E-state index in [0.717, 1.165) is 17.7 Å². The number of hydrogen-bond donors (Lipinski definition) is 0. The van der Waals surface area contributed by atoms with Crippen LogP contribution in [0.1, 0.15) is 17.5 Å². The molecule has 1 saturated heterocycles. The number of carbonyl (C=O) groups is 2. The van der Waals surface area contributed by atoms with Gasteiger partial charge in [-0.1, -0.05) is 53.2 Å². The summed E-state index contributed by atoms with van der Waals surface area (Å²) in [5.41, 5.74) is 3.86. The number of amides is 2. The van der Waals surface area contributed by atoms with Crippen molar-refractivity contribution in [1.29, 1.82) is 0 Å². The number of fused-ring (bicyclic) bond motifs is 8. The fourth-order valence-electron chi connectivity index (χ4n) is 5.92. The van der Waals surface area contributed by atoms with Crippen molar-refractivity contribution in [3.63, 3.8) is 0 Å². The standard InChI is InChI=1S/C23H20N2O3/c1-12-7-9-13(10-8-12)20-19-15-11-16(21(19)28-24-20)18-17(15)22(26)25(23(18)27)14-5-3-2-4-6-14/h2-10,15-19,21H,11H2,1H3/t15-,16-,17-,18-,19+,21+/m1/s1. The van der Waals surface area contributed by atoms with Gasteiger partial charge in [-0.15, -0.1) is 0 Å². The molecule has 5 heteroatoms. The Hall–Kier alpha value is -2.95. The van der Waals surface area contributed by atoms with Crippen molar-refractivity contribution in [2.24, 2.45) is 34.7 Å². The number of benzene rings is 2. The molecule has 2 aliphatic heterocycles. The predicted octanol–water partition coefficient (Wildman–Crippen LogP) is 3.17. The average Bonchev–Trinajstić information content (AvgIpc) is 3.44. The Bertz CT molecular complexity index is 1010. The average molecular weight is 372 g/mol. The van der Waals surface area contributed by atoms with E-state index in [1.165, 1.54) is 10.5 Å². The molecule has 2 aliphatic carbocycles. The van der Waals surface area contributed by atoms with Crippen LogP contribution in [-0.4, -0.2) is 23.6 Å². The highest BCUT2D eigenvalue weighted by Crippen LogP contribution is 2.61. The molecule has 2 bridgehead atoms. The van der Waals surface area contributed by atoms with E-state index in [2.05, 4.69) is 36.3 Å². The first-order valence-corrected chi connectivity index (χ1v) is 9.89. The number of nitrogens with zero attached hydrogens (tertiary/aromatic N) is 2.